The van der Waals surface area contributed by atoms with Gasteiger partial charge in [-0.2, -0.15) is 0 Å². The molecule has 2 fully saturated rings. The number of alkyl carbamates (subject to hydrolysis) is 1. The number of rotatable bonds is 3. The molecule has 2 aliphatic carbocycles. The van der Waals surface area contributed by atoms with Gasteiger partial charge in [-0.05, 0) is 52.9 Å². The molecule has 17 heavy (non-hydrogen) atoms. The Morgan fingerprint density at radius 1 is 1.29 bits per heavy atom. The van der Waals surface area contributed by atoms with Crippen LogP contribution in [0.1, 0.15) is 52.9 Å². The normalized spacial score (nSPS) is 24.7. The lowest BCUT2D eigenvalue weighted by Gasteiger charge is -2.44. The van der Waals surface area contributed by atoms with Crippen LogP contribution in [-0.4, -0.2) is 28.9 Å². The van der Waals surface area contributed by atoms with Crippen molar-refractivity contribution < 1.29 is 14.6 Å². The molecule has 0 atom stereocenters. The van der Waals surface area contributed by atoms with Crippen LogP contribution in [0.25, 0.3) is 0 Å². The number of hydrogen-bond donors (Lipinski definition) is 2. The van der Waals surface area contributed by atoms with Gasteiger partial charge in [0.2, 0.25) is 0 Å². The molecule has 0 heterocycles. The maximum atomic E-state index is 11.6. The number of ether oxygens (including phenoxy) is 1. The smallest absolute Gasteiger partial charge is 0.407 e. The predicted molar refractivity (Wildman–Crippen MR) is 64.7 cm³/mol. The van der Waals surface area contributed by atoms with Crippen molar-refractivity contribution in [3.05, 3.63) is 0 Å². The van der Waals surface area contributed by atoms with E-state index in [4.69, 9.17) is 4.74 Å². The fourth-order valence-electron chi connectivity index (χ4n) is 2.56. The van der Waals surface area contributed by atoms with Crippen LogP contribution in [-0.2, 0) is 4.74 Å². The summed E-state index contributed by atoms with van der Waals surface area (Å²) in [6, 6.07) is 0. The van der Waals surface area contributed by atoms with Crippen molar-refractivity contribution in [1.29, 1.82) is 0 Å². The average Bonchev–Trinajstić information content (AvgIpc) is 2.89. The van der Waals surface area contributed by atoms with E-state index in [2.05, 4.69) is 5.32 Å². The Hall–Kier alpha value is -0.770. The molecule has 0 spiro atoms. The summed E-state index contributed by atoms with van der Waals surface area (Å²) in [5.74, 6) is 0. The monoisotopic (exact) mass is 241 g/mol. The molecule has 2 saturated carbocycles. The van der Waals surface area contributed by atoms with Gasteiger partial charge < -0.3 is 15.2 Å². The molecule has 0 unspecified atom stereocenters. The molecule has 0 aromatic carbocycles. The molecule has 0 saturated heterocycles. The van der Waals surface area contributed by atoms with Crippen molar-refractivity contribution in [1.82, 2.24) is 5.32 Å². The Bertz CT molecular complexity index is 311. The zero-order valence-electron chi connectivity index (χ0n) is 11.0. The van der Waals surface area contributed by atoms with E-state index in [9.17, 15) is 9.90 Å². The Labute approximate surface area is 103 Å². The molecular weight excluding hydrogens is 218 g/mol. The molecule has 4 nitrogen and oxygen atoms in total. The maximum absolute atomic E-state index is 11.6. The van der Waals surface area contributed by atoms with Crippen LogP contribution in [0.2, 0.25) is 0 Å². The lowest BCUT2D eigenvalue weighted by molar-refractivity contribution is -0.0954. The molecule has 0 aromatic heterocycles. The summed E-state index contributed by atoms with van der Waals surface area (Å²) in [5.41, 5.74) is -1.06. The van der Waals surface area contributed by atoms with Crippen LogP contribution in [0.4, 0.5) is 4.79 Å². The number of hydrogen-bond acceptors (Lipinski definition) is 3. The summed E-state index contributed by atoms with van der Waals surface area (Å²) in [6.45, 7) is 6.08. The highest BCUT2D eigenvalue weighted by molar-refractivity contribution is 5.67. The number of nitrogens with one attached hydrogen (secondary N) is 1. The van der Waals surface area contributed by atoms with Crippen LogP contribution < -0.4 is 5.32 Å². The van der Waals surface area contributed by atoms with Gasteiger partial charge in [0.15, 0.2) is 0 Å². The van der Waals surface area contributed by atoms with Crippen molar-refractivity contribution >= 4 is 6.09 Å². The fourth-order valence-corrected chi connectivity index (χ4v) is 2.56. The molecule has 1 amide bonds. The topological polar surface area (TPSA) is 58.6 Å². The van der Waals surface area contributed by atoms with Gasteiger partial charge in [0.1, 0.15) is 5.60 Å². The summed E-state index contributed by atoms with van der Waals surface area (Å²) < 4.78 is 5.19. The Kier molecular flexibility index (Phi) is 2.89. The summed E-state index contributed by atoms with van der Waals surface area (Å²) >= 11 is 0. The quantitative estimate of drug-likeness (QED) is 0.796. The molecule has 2 aliphatic rings. The second kappa shape index (κ2) is 3.87. The van der Waals surface area contributed by atoms with E-state index < -0.39 is 11.2 Å². The lowest BCUT2D eigenvalue weighted by Crippen LogP contribution is -2.51. The van der Waals surface area contributed by atoms with Gasteiger partial charge in [0.05, 0.1) is 5.60 Å². The van der Waals surface area contributed by atoms with E-state index in [0.29, 0.717) is 6.54 Å². The summed E-state index contributed by atoms with van der Waals surface area (Å²) in [7, 11) is 0. The first-order valence-corrected chi connectivity index (χ1v) is 6.46. The fraction of sp³-hybridized carbons (Fsp3) is 0.923. The van der Waals surface area contributed by atoms with Gasteiger partial charge in [0.25, 0.3) is 0 Å². The number of carbonyl (C=O) groups excluding carboxylic acids is 1. The van der Waals surface area contributed by atoms with Crippen molar-refractivity contribution in [2.75, 3.05) is 6.54 Å². The van der Waals surface area contributed by atoms with Gasteiger partial charge in [-0.1, -0.05) is 0 Å². The van der Waals surface area contributed by atoms with E-state index in [1.807, 2.05) is 20.8 Å². The molecule has 2 N–H and O–H groups in total. The van der Waals surface area contributed by atoms with Gasteiger partial charge >= 0.3 is 6.09 Å². The van der Waals surface area contributed by atoms with Crippen LogP contribution in [0.5, 0.6) is 0 Å². The third-order valence-corrected chi connectivity index (χ3v) is 3.99. The zero-order valence-corrected chi connectivity index (χ0v) is 11.0. The number of aliphatic hydroxyl groups is 1. The third kappa shape index (κ3) is 2.57. The van der Waals surface area contributed by atoms with Crippen LogP contribution in [0, 0.1) is 5.41 Å². The molecule has 0 aromatic rings. The highest BCUT2D eigenvalue weighted by atomic mass is 16.6. The molecule has 0 bridgehead atoms. The van der Waals surface area contributed by atoms with Crippen LogP contribution in [0.15, 0.2) is 0 Å². The Morgan fingerprint density at radius 3 is 2.24 bits per heavy atom. The molecule has 0 radical (unpaired) electrons. The summed E-state index contributed by atoms with van der Waals surface area (Å²) in [6.07, 6.45) is 4.50. The van der Waals surface area contributed by atoms with Gasteiger partial charge in [-0.15, -0.1) is 0 Å². The maximum Gasteiger partial charge on any atom is 0.407 e. The summed E-state index contributed by atoms with van der Waals surface area (Å²) in [5, 5.41) is 13.1. The number of amides is 1. The van der Waals surface area contributed by atoms with Crippen molar-refractivity contribution in [2.24, 2.45) is 5.41 Å². The van der Waals surface area contributed by atoms with E-state index >= 15 is 0 Å². The first-order chi connectivity index (χ1) is 7.77. The first kappa shape index (κ1) is 12.7. The largest absolute Gasteiger partial charge is 0.444 e. The minimum atomic E-state index is -0.526. The standard InChI is InChI=1S/C13H23NO3/c1-11(2,3)17-10(15)14-9-12(7-8-12)13(16)5-4-6-13/h16H,4-9H2,1-3H3,(H,14,15). The predicted octanol–water partition coefficient (Wildman–Crippen LogP) is 2.21. The number of carbonyl (C=O) groups is 1. The highest BCUT2D eigenvalue weighted by Gasteiger charge is 2.60. The van der Waals surface area contributed by atoms with Crippen LogP contribution >= 0.6 is 0 Å². The van der Waals surface area contributed by atoms with Crippen molar-refractivity contribution in [2.45, 2.75) is 64.1 Å². The molecular formula is C13H23NO3. The highest BCUT2D eigenvalue weighted by Crippen LogP contribution is 2.60. The van der Waals surface area contributed by atoms with E-state index in [0.717, 1.165) is 32.1 Å². The van der Waals surface area contributed by atoms with E-state index in [1.54, 1.807) is 0 Å². The molecule has 4 heteroatoms. The van der Waals surface area contributed by atoms with Gasteiger partial charge in [-0.25, -0.2) is 4.79 Å². The van der Waals surface area contributed by atoms with Crippen LogP contribution in [0.3, 0.4) is 0 Å². The van der Waals surface area contributed by atoms with Gasteiger partial charge in [0, 0.05) is 12.0 Å². The lowest BCUT2D eigenvalue weighted by atomic mass is 9.69. The average molecular weight is 241 g/mol. The van der Waals surface area contributed by atoms with Crippen molar-refractivity contribution in [3.8, 4) is 0 Å². The summed E-state index contributed by atoms with van der Waals surface area (Å²) in [4.78, 5) is 11.6. The minimum absolute atomic E-state index is 0.0673. The molecule has 98 valence electrons. The Balaban J connectivity index is 1.81. The SMILES string of the molecule is CC(C)(C)OC(=O)NCC1(C2(O)CCC2)CC1. The second-order valence-electron chi connectivity index (χ2n) is 6.52. The zero-order chi connectivity index (χ0) is 12.7. The van der Waals surface area contributed by atoms with Gasteiger partial charge in [-0.3, -0.25) is 0 Å². The first-order valence-electron chi connectivity index (χ1n) is 6.46. The minimum Gasteiger partial charge on any atom is -0.444 e. The Morgan fingerprint density at radius 2 is 1.88 bits per heavy atom. The third-order valence-electron chi connectivity index (χ3n) is 3.99. The molecule has 2 rings (SSSR count). The van der Waals surface area contributed by atoms with E-state index in [-0.39, 0.29) is 11.5 Å². The van der Waals surface area contributed by atoms with E-state index in [1.165, 1.54) is 0 Å². The molecule has 0 aliphatic heterocycles. The second-order valence-corrected chi connectivity index (χ2v) is 6.52. The van der Waals surface area contributed by atoms with Crippen molar-refractivity contribution in [3.63, 3.8) is 0 Å².